The van der Waals surface area contributed by atoms with Crippen LogP contribution in [0.4, 0.5) is 0 Å². The van der Waals surface area contributed by atoms with E-state index in [9.17, 15) is 13.2 Å². The number of hydrogen-bond donors (Lipinski definition) is 0. The van der Waals surface area contributed by atoms with Gasteiger partial charge in [0.25, 0.3) is 0 Å². The van der Waals surface area contributed by atoms with E-state index in [4.69, 9.17) is 14.2 Å². The van der Waals surface area contributed by atoms with Crippen molar-refractivity contribution in [2.75, 3.05) is 12.9 Å². The van der Waals surface area contributed by atoms with Gasteiger partial charge in [0.1, 0.15) is 5.60 Å². The third-order valence-electron chi connectivity index (χ3n) is 4.59. The van der Waals surface area contributed by atoms with Gasteiger partial charge in [0.15, 0.2) is 15.6 Å². The zero-order valence-corrected chi connectivity index (χ0v) is 19.0. The van der Waals surface area contributed by atoms with Gasteiger partial charge >= 0.3 is 5.97 Å². The number of rotatable bonds is 9. The van der Waals surface area contributed by atoms with Crippen LogP contribution in [0.2, 0.25) is 0 Å². The number of sulfone groups is 1. The Hall–Kier alpha value is -1.96. The third kappa shape index (κ3) is 7.70. The van der Waals surface area contributed by atoms with Crippen LogP contribution >= 0.6 is 0 Å². The molecule has 0 aliphatic carbocycles. The number of ether oxygens (including phenoxy) is 3. The van der Waals surface area contributed by atoms with E-state index in [1.165, 1.54) is 7.11 Å². The van der Waals surface area contributed by atoms with Gasteiger partial charge in [-0.2, -0.15) is 0 Å². The number of carbonyl (C=O) groups is 1. The van der Waals surface area contributed by atoms with Crippen LogP contribution in [0.5, 0.6) is 0 Å². The van der Waals surface area contributed by atoms with Crippen LogP contribution in [0, 0.1) is 0 Å². The highest BCUT2D eigenvalue weighted by molar-refractivity contribution is 7.91. The molecule has 166 valence electrons. The molecule has 0 bridgehead atoms. The van der Waals surface area contributed by atoms with Gasteiger partial charge in [-0.05, 0) is 39.3 Å². The molecular formula is C23H32O6S. The van der Waals surface area contributed by atoms with E-state index in [0.29, 0.717) is 17.7 Å². The van der Waals surface area contributed by atoms with E-state index in [-0.39, 0.29) is 30.7 Å². The molecule has 0 amide bonds. The Kier molecular flexibility index (Phi) is 8.41. The van der Waals surface area contributed by atoms with Crippen molar-refractivity contribution in [1.82, 2.24) is 0 Å². The minimum absolute atomic E-state index is 0.0756. The highest BCUT2D eigenvalue weighted by atomic mass is 32.2. The largest absolute Gasteiger partial charge is 0.460 e. The molecule has 1 heterocycles. The lowest BCUT2D eigenvalue weighted by Crippen LogP contribution is -2.41. The molecule has 2 rings (SSSR count). The maximum atomic E-state index is 12.6. The fourth-order valence-corrected chi connectivity index (χ4v) is 4.46. The standard InChI is InChI=1S/C23H32O6S/c1-22(2,3)29-21(24)15-9-8-11-19-12-10-16-23(27-4,28-19)17-18-30(25,26)20-13-6-5-7-14-20/h5-8,10-14,19H,9,15-18H2,1-4H3/b11-8+/t19-,23+/m1/s1. The average Bonchev–Trinajstić information content (AvgIpc) is 2.69. The highest BCUT2D eigenvalue weighted by Gasteiger charge is 2.36. The zero-order chi connectivity index (χ0) is 22.3. The van der Waals surface area contributed by atoms with Crippen molar-refractivity contribution in [1.29, 1.82) is 0 Å². The van der Waals surface area contributed by atoms with Crippen molar-refractivity contribution in [3.05, 3.63) is 54.6 Å². The van der Waals surface area contributed by atoms with E-state index >= 15 is 0 Å². The number of allylic oxidation sites excluding steroid dienone is 1. The smallest absolute Gasteiger partial charge is 0.306 e. The quantitative estimate of drug-likeness (QED) is 0.426. The predicted molar refractivity (Wildman–Crippen MR) is 116 cm³/mol. The molecule has 1 aromatic carbocycles. The Morgan fingerprint density at radius 3 is 2.60 bits per heavy atom. The molecule has 30 heavy (non-hydrogen) atoms. The van der Waals surface area contributed by atoms with Crippen molar-refractivity contribution in [2.24, 2.45) is 0 Å². The van der Waals surface area contributed by atoms with Crippen LogP contribution in [0.3, 0.4) is 0 Å². The van der Waals surface area contributed by atoms with Crippen LogP contribution < -0.4 is 0 Å². The van der Waals surface area contributed by atoms with E-state index in [2.05, 4.69) is 0 Å². The molecule has 0 saturated carbocycles. The summed E-state index contributed by atoms with van der Waals surface area (Å²) < 4.78 is 42.1. The SMILES string of the molecule is CO[C@@]1(CCS(=O)(=O)c2ccccc2)CC=C[C@@H](/C=C/CCC(=O)OC(C)(C)C)O1. The van der Waals surface area contributed by atoms with Gasteiger partial charge in [-0.3, -0.25) is 4.79 Å². The summed E-state index contributed by atoms with van der Waals surface area (Å²) in [6.07, 6.45) is 8.70. The molecule has 7 heteroatoms. The van der Waals surface area contributed by atoms with Gasteiger partial charge in [-0.15, -0.1) is 0 Å². The van der Waals surface area contributed by atoms with Crippen molar-refractivity contribution < 1.29 is 27.4 Å². The Balaban J connectivity index is 1.91. The molecule has 2 atom stereocenters. The average molecular weight is 437 g/mol. The zero-order valence-electron chi connectivity index (χ0n) is 18.2. The van der Waals surface area contributed by atoms with E-state index in [0.717, 1.165) is 0 Å². The fraction of sp³-hybridized carbons (Fsp3) is 0.522. The second-order valence-electron chi connectivity index (χ2n) is 8.26. The first-order chi connectivity index (χ1) is 14.1. The summed E-state index contributed by atoms with van der Waals surface area (Å²) >= 11 is 0. The summed E-state index contributed by atoms with van der Waals surface area (Å²) in [5, 5.41) is 0. The van der Waals surface area contributed by atoms with Crippen molar-refractivity contribution in [3.63, 3.8) is 0 Å². The van der Waals surface area contributed by atoms with Gasteiger partial charge < -0.3 is 14.2 Å². The minimum atomic E-state index is -3.42. The van der Waals surface area contributed by atoms with E-state index in [1.54, 1.807) is 30.3 Å². The lowest BCUT2D eigenvalue weighted by molar-refractivity contribution is -0.233. The monoisotopic (exact) mass is 436 g/mol. The van der Waals surface area contributed by atoms with Gasteiger partial charge in [-0.1, -0.05) is 42.5 Å². The molecule has 1 aliphatic heterocycles. The molecule has 6 nitrogen and oxygen atoms in total. The Morgan fingerprint density at radius 2 is 1.97 bits per heavy atom. The van der Waals surface area contributed by atoms with Crippen molar-refractivity contribution in [3.8, 4) is 0 Å². The van der Waals surface area contributed by atoms with Gasteiger partial charge in [0, 0.05) is 26.4 Å². The molecule has 0 N–H and O–H groups in total. The highest BCUT2D eigenvalue weighted by Crippen LogP contribution is 2.30. The summed E-state index contributed by atoms with van der Waals surface area (Å²) in [5.74, 6) is -1.32. The van der Waals surface area contributed by atoms with Crippen molar-refractivity contribution >= 4 is 15.8 Å². The number of hydrogen-bond acceptors (Lipinski definition) is 6. The third-order valence-corrected chi connectivity index (χ3v) is 6.32. The molecular weight excluding hydrogens is 404 g/mol. The van der Waals surface area contributed by atoms with Crippen molar-refractivity contribution in [2.45, 2.75) is 68.8 Å². The van der Waals surface area contributed by atoms with E-state index in [1.807, 2.05) is 45.1 Å². The summed E-state index contributed by atoms with van der Waals surface area (Å²) in [6.45, 7) is 5.51. The number of methoxy groups -OCH3 is 1. The van der Waals surface area contributed by atoms with Crippen LogP contribution in [-0.2, 0) is 28.8 Å². The molecule has 0 unspecified atom stereocenters. The van der Waals surface area contributed by atoms with Crippen LogP contribution in [0.1, 0.15) is 46.5 Å². The summed E-state index contributed by atoms with van der Waals surface area (Å²) in [6, 6.07) is 8.37. The maximum Gasteiger partial charge on any atom is 0.306 e. The summed E-state index contributed by atoms with van der Waals surface area (Å²) in [5.41, 5.74) is -0.492. The summed E-state index contributed by atoms with van der Waals surface area (Å²) in [7, 11) is -1.90. The Bertz CT molecular complexity index is 851. The van der Waals surface area contributed by atoms with E-state index < -0.39 is 21.2 Å². The lowest BCUT2D eigenvalue weighted by Gasteiger charge is -2.36. The van der Waals surface area contributed by atoms with Crippen LogP contribution in [0.25, 0.3) is 0 Å². The normalized spacial score (nSPS) is 22.3. The molecule has 0 aromatic heterocycles. The topological polar surface area (TPSA) is 78.9 Å². The first kappa shape index (κ1) is 24.3. The number of carbonyl (C=O) groups excluding carboxylic acids is 1. The van der Waals surface area contributed by atoms with Gasteiger partial charge in [-0.25, -0.2) is 8.42 Å². The molecule has 1 aromatic rings. The molecule has 1 aliphatic rings. The minimum Gasteiger partial charge on any atom is -0.460 e. The fourth-order valence-electron chi connectivity index (χ4n) is 3.07. The molecule has 0 radical (unpaired) electrons. The van der Waals surface area contributed by atoms with Crippen LogP contribution in [0.15, 0.2) is 59.5 Å². The number of benzene rings is 1. The molecule has 0 spiro atoms. The summed E-state index contributed by atoms with van der Waals surface area (Å²) in [4.78, 5) is 12.1. The first-order valence-electron chi connectivity index (χ1n) is 10.1. The predicted octanol–water partition coefficient (Wildman–Crippen LogP) is 4.22. The number of esters is 1. The second-order valence-corrected chi connectivity index (χ2v) is 10.4. The Morgan fingerprint density at radius 1 is 1.27 bits per heavy atom. The first-order valence-corrected chi connectivity index (χ1v) is 11.8. The molecule has 0 fully saturated rings. The van der Waals surface area contributed by atoms with Crippen LogP contribution in [-0.4, -0.2) is 44.7 Å². The van der Waals surface area contributed by atoms with Gasteiger partial charge in [0.05, 0.1) is 16.8 Å². The maximum absolute atomic E-state index is 12.6. The van der Waals surface area contributed by atoms with Gasteiger partial charge in [0.2, 0.25) is 0 Å². The Labute approximate surface area is 179 Å². The molecule has 0 saturated heterocycles. The second kappa shape index (κ2) is 10.4. The lowest BCUT2D eigenvalue weighted by atomic mass is 10.0.